The number of hydrogen-bond acceptors (Lipinski definition) is 5. The molecule has 3 aromatic rings. The van der Waals surface area contributed by atoms with E-state index < -0.39 is 38.0 Å². The summed E-state index contributed by atoms with van der Waals surface area (Å²) >= 11 is 5.79. The average Bonchev–Trinajstić information content (AvgIpc) is 3.03. The first-order valence-electron chi connectivity index (χ1n) is 7.36. The quantitative estimate of drug-likeness (QED) is 0.430. The molecule has 0 bridgehead atoms. The highest BCUT2D eigenvalue weighted by molar-refractivity contribution is 7.92. The molecule has 0 fully saturated rings. The van der Waals surface area contributed by atoms with E-state index in [1.807, 2.05) is 0 Å². The number of nitrogens with one attached hydrogen (secondary N) is 2. The molecule has 1 heterocycles. The standard InChI is InChI=1S/C16H13ClN4O5S/c17-12-6-8(5-11(14(12)22)16(19)24)27(25,26)21-7-3-10(15(18)23)9-1-2-20-13(9)4-7/h1-6,20-22H,(H2,18,23)(H2,19,24). The normalized spacial score (nSPS) is 11.4. The lowest BCUT2D eigenvalue weighted by Gasteiger charge is -2.12. The molecule has 27 heavy (non-hydrogen) atoms. The van der Waals surface area contributed by atoms with Gasteiger partial charge in [-0.05, 0) is 30.3 Å². The van der Waals surface area contributed by atoms with E-state index in [4.69, 9.17) is 23.1 Å². The van der Waals surface area contributed by atoms with Gasteiger partial charge < -0.3 is 21.6 Å². The highest BCUT2D eigenvalue weighted by Gasteiger charge is 2.22. The molecule has 0 radical (unpaired) electrons. The molecule has 0 atom stereocenters. The van der Waals surface area contributed by atoms with Gasteiger partial charge in [-0.3, -0.25) is 14.3 Å². The van der Waals surface area contributed by atoms with Gasteiger partial charge in [0.1, 0.15) is 5.75 Å². The molecule has 140 valence electrons. The number of aromatic hydroxyl groups is 1. The number of halogens is 1. The highest BCUT2D eigenvalue weighted by Crippen LogP contribution is 2.32. The van der Waals surface area contributed by atoms with E-state index >= 15 is 0 Å². The lowest BCUT2D eigenvalue weighted by molar-refractivity contribution is 0.0990. The van der Waals surface area contributed by atoms with Gasteiger partial charge in [-0.25, -0.2) is 8.42 Å². The van der Waals surface area contributed by atoms with Gasteiger partial charge in [0.25, 0.3) is 15.9 Å². The van der Waals surface area contributed by atoms with Crippen molar-refractivity contribution in [2.24, 2.45) is 11.5 Å². The molecule has 11 heteroatoms. The second kappa shape index (κ2) is 6.49. The first-order chi connectivity index (χ1) is 12.6. The zero-order chi connectivity index (χ0) is 19.9. The van der Waals surface area contributed by atoms with Gasteiger partial charge in [0, 0.05) is 17.1 Å². The Morgan fingerprint density at radius 1 is 1.07 bits per heavy atom. The van der Waals surface area contributed by atoms with Crippen LogP contribution in [0.3, 0.4) is 0 Å². The lowest BCUT2D eigenvalue weighted by Crippen LogP contribution is -2.17. The van der Waals surface area contributed by atoms with Crippen LogP contribution in [0.1, 0.15) is 20.7 Å². The summed E-state index contributed by atoms with van der Waals surface area (Å²) in [6.45, 7) is 0. The molecule has 3 rings (SSSR count). The predicted molar refractivity (Wildman–Crippen MR) is 99.3 cm³/mol. The Bertz CT molecular complexity index is 1200. The first kappa shape index (κ1) is 18.5. The van der Waals surface area contributed by atoms with Crippen LogP contribution in [0.25, 0.3) is 10.9 Å². The largest absolute Gasteiger partial charge is 0.506 e. The molecule has 9 nitrogen and oxygen atoms in total. The molecule has 7 N–H and O–H groups in total. The van der Waals surface area contributed by atoms with Crippen molar-refractivity contribution in [2.45, 2.75) is 4.90 Å². The number of sulfonamides is 1. The number of primary amides is 2. The average molecular weight is 409 g/mol. The molecule has 0 unspecified atom stereocenters. The third-order valence-corrected chi connectivity index (χ3v) is 5.45. The van der Waals surface area contributed by atoms with Crippen LogP contribution in [-0.2, 0) is 10.0 Å². The van der Waals surface area contributed by atoms with Crippen molar-refractivity contribution in [3.63, 3.8) is 0 Å². The summed E-state index contributed by atoms with van der Waals surface area (Å²) in [5.74, 6) is -2.40. The van der Waals surface area contributed by atoms with E-state index in [-0.39, 0.29) is 16.3 Å². The Labute approximate surface area is 158 Å². The van der Waals surface area contributed by atoms with Crippen LogP contribution in [0, 0.1) is 0 Å². The maximum Gasteiger partial charge on any atom is 0.261 e. The Morgan fingerprint density at radius 3 is 2.37 bits per heavy atom. The maximum atomic E-state index is 12.7. The van der Waals surface area contributed by atoms with Gasteiger partial charge in [0.05, 0.1) is 26.7 Å². The molecular formula is C16H13ClN4O5S. The van der Waals surface area contributed by atoms with Crippen molar-refractivity contribution in [1.29, 1.82) is 0 Å². The number of phenols is 1. The van der Waals surface area contributed by atoms with Crippen molar-refractivity contribution < 1.29 is 23.1 Å². The molecule has 2 aromatic carbocycles. The Morgan fingerprint density at radius 2 is 1.74 bits per heavy atom. The van der Waals surface area contributed by atoms with Crippen molar-refractivity contribution in [3.8, 4) is 5.75 Å². The number of aromatic amines is 1. The summed E-state index contributed by atoms with van der Waals surface area (Å²) in [5.41, 5.74) is 10.7. The smallest absolute Gasteiger partial charge is 0.261 e. The van der Waals surface area contributed by atoms with Crippen LogP contribution in [0.5, 0.6) is 5.75 Å². The van der Waals surface area contributed by atoms with Gasteiger partial charge in [-0.2, -0.15) is 0 Å². The van der Waals surface area contributed by atoms with E-state index in [9.17, 15) is 23.1 Å². The number of carbonyl (C=O) groups is 2. The number of aromatic nitrogens is 1. The Hall–Kier alpha value is -3.24. The SMILES string of the molecule is NC(=O)c1cc(S(=O)(=O)Nc2cc(C(N)=O)c3cc[nH]c3c2)cc(Cl)c1O. The summed E-state index contributed by atoms with van der Waals surface area (Å²) in [6, 6.07) is 6.25. The number of nitrogens with two attached hydrogens (primary N) is 2. The van der Waals surface area contributed by atoms with Crippen LogP contribution in [0.15, 0.2) is 41.4 Å². The summed E-state index contributed by atoms with van der Waals surface area (Å²) in [4.78, 5) is 25.5. The monoisotopic (exact) mass is 408 g/mol. The Kier molecular flexibility index (Phi) is 4.46. The molecule has 0 spiro atoms. The van der Waals surface area contributed by atoms with E-state index in [2.05, 4.69) is 9.71 Å². The number of carbonyl (C=O) groups excluding carboxylic acids is 2. The molecular weight excluding hydrogens is 396 g/mol. The molecule has 0 saturated carbocycles. The van der Waals surface area contributed by atoms with Gasteiger partial charge in [-0.1, -0.05) is 11.6 Å². The van der Waals surface area contributed by atoms with Crippen LogP contribution < -0.4 is 16.2 Å². The minimum absolute atomic E-state index is 0.0589. The Balaban J connectivity index is 2.09. The molecule has 0 aliphatic rings. The molecule has 0 aliphatic carbocycles. The van der Waals surface area contributed by atoms with Crippen molar-refractivity contribution in [1.82, 2.24) is 4.98 Å². The number of H-pyrrole nitrogens is 1. The van der Waals surface area contributed by atoms with E-state index in [0.717, 1.165) is 12.1 Å². The summed E-state index contributed by atoms with van der Waals surface area (Å²) in [6.07, 6.45) is 1.58. The second-order valence-electron chi connectivity index (χ2n) is 5.60. The van der Waals surface area contributed by atoms with Crippen LogP contribution in [0.4, 0.5) is 5.69 Å². The summed E-state index contributed by atoms with van der Waals surface area (Å²) in [5, 5.41) is 9.92. The number of amides is 2. The zero-order valence-corrected chi connectivity index (χ0v) is 15.1. The van der Waals surface area contributed by atoms with Crippen molar-refractivity contribution >= 4 is 50.0 Å². The fourth-order valence-electron chi connectivity index (χ4n) is 2.56. The molecule has 0 saturated heterocycles. The number of rotatable bonds is 5. The second-order valence-corrected chi connectivity index (χ2v) is 7.69. The van der Waals surface area contributed by atoms with E-state index in [1.165, 1.54) is 12.1 Å². The number of anilines is 1. The third-order valence-electron chi connectivity index (χ3n) is 3.80. The maximum absolute atomic E-state index is 12.7. The minimum Gasteiger partial charge on any atom is -0.506 e. The fourth-order valence-corrected chi connectivity index (χ4v) is 3.94. The molecule has 0 aliphatic heterocycles. The number of hydrogen-bond donors (Lipinski definition) is 5. The third kappa shape index (κ3) is 3.39. The van der Waals surface area contributed by atoms with E-state index in [1.54, 1.807) is 12.3 Å². The highest BCUT2D eigenvalue weighted by atomic mass is 35.5. The van der Waals surface area contributed by atoms with Gasteiger partial charge in [0.15, 0.2) is 0 Å². The van der Waals surface area contributed by atoms with Gasteiger partial charge in [0.2, 0.25) is 5.91 Å². The predicted octanol–water partition coefficient (Wildman–Crippen LogP) is 1.53. The van der Waals surface area contributed by atoms with Gasteiger partial charge in [-0.15, -0.1) is 0 Å². The van der Waals surface area contributed by atoms with E-state index in [0.29, 0.717) is 10.9 Å². The van der Waals surface area contributed by atoms with Crippen LogP contribution in [-0.4, -0.2) is 30.3 Å². The number of fused-ring (bicyclic) bond motifs is 1. The summed E-state index contributed by atoms with van der Waals surface area (Å²) in [7, 11) is -4.22. The van der Waals surface area contributed by atoms with Gasteiger partial charge >= 0.3 is 0 Å². The zero-order valence-electron chi connectivity index (χ0n) is 13.5. The number of benzene rings is 2. The lowest BCUT2D eigenvalue weighted by atomic mass is 10.1. The van der Waals surface area contributed by atoms with Crippen LogP contribution in [0.2, 0.25) is 5.02 Å². The van der Waals surface area contributed by atoms with Crippen LogP contribution >= 0.6 is 11.6 Å². The van der Waals surface area contributed by atoms with Crippen molar-refractivity contribution in [3.05, 3.63) is 52.7 Å². The first-order valence-corrected chi connectivity index (χ1v) is 9.22. The topological polar surface area (TPSA) is 168 Å². The molecule has 1 aromatic heterocycles. The van der Waals surface area contributed by atoms with Crippen molar-refractivity contribution in [2.75, 3.05) is 4.72 Å². The molecule has 2 amide bonds. The minimum atomic E-state index is -4.22. The summed E-state index contributed by atoms with van der Waals surface area (Å²) < 4.78 is 27.6. The fraction of sp³-hybridized carbons (Fsp3) is 0.